The zero-order chi connectivity index (χ0) is 12.3. The van der Waals surface area contributed by atoms with Crippen molar-refractivity contribution in [3.63, 3.8) is 0 Å². The number of hydrogen-bond donors (Lipinski definition) is 2. The second kappa shape index (κ2) is 7.18. The maximum Gasteiger partial charge on any atom is 0.241 e. The van der Waals surface area contributed by atoms with E-state index in [0.29, 0.717) is 0 Å². The molecule has 0 saturated carbocycles. The van der Waals surface area contributed by atoms with Gasteiger partial charge in [-0.2, -0.15) is 0 Å². The lowest BCUT2D eigenvalue weighted by atomic mass is 10.0. The molecule has 0 spiro atoms. The standard InChI is InChI=1S/C12H17IN2O.ClH/c1-7(2)11(14)12(16)15-10-5-4-9(13)6-8(10)3;/h4-7,11H,14H2,1-3H3,(H,15,16);1H/t11-;/m1./s1. The van der Waals surface area contributed by atoms with Crippen molar-refractivity contribution in [2.24, 2.45) is 11.7 Å². The molecule has 1 atom stereocenters. The third-order valence-corrected chi connectivity index (χ3v) is 3.14. The molecule has 3 N–H and O–H groups in total. The number of aryl methyl sites for hydroxylation is 1. The van der Waals surface area contributed by atoms with Crippen molar-refractivity contribution in [1.29, 1.82) is 0 Å². The summed E-state index contributed by atoms with van der Waals surface area (Å²) < 4.78 is 1.15. The molecule has 1 amide bonds. The number of nitrogens with two attached hydrogens (primary N) is 1. The molecule has 0 unspecified atom stereocenters. The molecule has 1 rings (SSSR count). The fraction of sp³-hybridized carbons (Fsp3) is 0.417. The van der Waals surface area contributed by atoms with E-state index in [1.807, 2.05) is 39.0 Å². The van der Waals surface area contributed by atoms with Crippen LogP contribution in [0.2, 0.25) is 0 Å². The smallest absolute Gasteiger partial charge is 0.241 e. The first-order valence-electron chi connectivity index (χ1n) is 5.24. The molecule has 0 fully saturated rings. The molecule has 0 aliphatic heterocycles. The van der Waals surface area contributed by atoms with Crippen LogP contribution in [0.1, 0.15) is 19.4 Å². The van der Waals surface area contributed by atoms with Crippen molar-refractivity contribution in [2.75, 3.05) is 5.32 Å². The molecule has 0 heterocycles. The monoisotopic (exact) mass is 368 g/mol. The number of hydrogen-bond acceptors (Lipinski definition) is 2. The van der Waals surface area contributed by atoms with E-state index in [1.54, 1.807) is 0 Å². The highest BCUT2D eigenvalue weighted by atomic mass is 127. The van der Waals surface area contributed by atoms with Gasteiger partial charge in [-0.3, -0.25) is 4.79 Å². The van der Waals surface area contributed by atoms with Crippen LogP contribution in [0.5, 0.6) is 0 Å². The second-order valence-electron chi connectivity index (χ2n) is 4.22. The van der Waals surface area contributed by atoms with Crippen LogP contribution in [0.15, 0.2) is 18.2 Å². The Bertz CT molecular complexity index is 396. The van der Waals surface area contributed by atoms with Gasteiger partial charge >= 0.3 is 0 Å². The highest BCUT2D eigenvalue weighted by Gasteiger charge is 2.17. The van der Waals surface area contributed by atoms with Gasteiger partial charge in [0.1, 0.15) is 0 Å². The molecule has 1 aromatic carbocycles. The molecule has 3 nitrogen and oxygen atoms in total. The number of rotatable bonds is 3. The topological polar surface area (TPSA) is 55.1 Å². The largest absolute Gasteiger partial charge is 0.324 e. The zero-order valence-corrected chi connectivity index (χ0v) is 13.1. The highest BCUT2D eigenvalue weighted by molar-refractivity contribution is 14.1. The van der Waals surface area contributed by atoms with E-state index in [1.165, 1.54) is 0 Å². The first-order valence-corrected chi connectivity index (χ1v) is 6.32. The number of anilines is 1. The van der Waals surface area contributed by atoms with Crippen LogP contribution in [-0.2, 0) is 4.79 Å². The SMILES string of the molecule is Cc1cc(I)ccc1NC(=O)[C@H](N)C(C)C.Cl. The third-order valence-electron chi connectivity index (χ3n) is 2.47. The van der Waals surface area contributed by atoms with Crippen molar-refractivity contribution in [3.8, 4) is 0 Å². The molecule has 0 bridgehead atoms. The Labute approximate surface area is 122 Å². The van der Waals surface area contributed by atoms with Gasteiger partial charge in [0, 0.05) is 9.26 Å². The summed E-state index contributed by atoms with van der Waals surface area (Å²) in [6.45, 7) is 5.84. The quantitative estimate of drug-likeness (QED) is 0.806. The fourth-order valence-electron chi connectivity index (χ4n) is 1.29. The molecule has 96 valence electrons. The summed E-state index contributed by atoms with van der Waals surface area (Å²) in [7, 11) is 0. The van der Waals surface area contributed by atoms with Gasteiger partial charge in [-0.25, -0.2) is 0 Å². The number of carbonyl (C=O) groups is 1. The van der Waals surface area contributed by atoms with Crippen LogP contribution in [-0.4, -0.2) is 11.9 Å². The van der Waals surface area contributed by atoms with Gasteiger partial charge in [-0.15, -0.1) is 12.4 Å². The lowest BCUT2D eigenvalue weighted by molar-refractivity contribution is -0.118. The first-order chi connectivity index (χ1) is 7.41. The van der Waals surface area contributed by atoms with Gasteiger partial charge in [0.05, 0.1) is 6.04 Å². The van der Waals surface area contributed by atoms with Crippen molar-refractivity contribution in [1.82, 2.24) is 0 Å². The van der Waals surface area contributed by atoms with E-state index in [2.05, 4.69) is 27.9 Å². The van der Waals surface area contributed by atoms with E-state index in [0.717, 1.165) is 14.8 Å². The normalized spacial score (nSPS) is 11.9. The molecular formula is C12H18ClIN2O. The molecule has 0 aromatic heterocycles. The Kier molecular flexibility index (Phi) is 7.04. The minimum absolute atomic E-state index is 0. The van der Waals surface area contributed by atoms with Crippen molar-refractivity contribution in [3.05, 3.63) is 27.3 Å². The van der Waals surface area contributed by atoms with Crippen LogP contribution in [0.3, 0.4) is 0 Å². The van der Waals surface area contributed by atoms with Gasteiger partial charge in [0.15, 0.2) is 0 Å². The predicted molar refractivity (Wildman–Crippen MR) is 82.6 cm³/mol. The Hall–Kier alpha value is -0.330. The lowest BCUT2D eigenvalue weighted by Crippen LogP contribution is -2.39. The molecule has 0 saturated heterocycles. The van der Waals surface area contributed by atoms with E-state index >= 15 is 0 Å². The van der Waals surface area contributed by atoms with Crippen molar-refractivity contribution >= 4 is 46.6 Å². The van der Waals surface area contributed by atoms with Gasteiger partial charge < -0.3 is 11.1 Å². The zero-order valence-electron chi connectivity index (χ0n) is 10.2. The summed E-state index contributed by atoms with van der Waals surface area (Å²) in [6.07, 6.45) is 0. The summed E-state index contributed by atoms with van der Waals surface area (Å²) in [5.41, 5.74) is 7.66. The summed E-state index contributed by atoms with van der Waals surface area (Å²) in [5.74, 6) is 0.0171. The molecule has 0 aliphatic rings. The number of nitrogens with one attached hydrogen (secondary N) is 1. The van der Waals surface area contributed by atoms with E-state index in [9.17, 15) is 4.79 Å². The summed E-state index contributed by atoms with van der Waals surface area (Å²) in [6, 6.07) is 5.43. The van der Waals surface area contributed by atoms with Gasteiger partial charge in [0.25, 0.3) is 0 Å². The van der Waals surface area contributed by atoms with E-state index < -0.39 is 6.04 Å². The van der Waals surface area contributed by atoms with Crippen molar-refractivity contribution in [2.45, 2.75) is 26.8 Å². The van der Waals surface area contributed by atoms with E-state index in [4.69, 9.17) is 5.73 Å². The Morgan fingerprint density at radius 3 is 2.47 bits per heavy atom. The predicted octanol–water partition coefficient (Wildman–Crippen LogP) is 2.94. The molecule has 0 radical (unpaired) electrons. The maximum absolute atomic E-state index is 11.8. The Morgan fingerprint density at radius 1 is 1.41 bits per heavy atom. The lowest BCUT2D eigenvalue weighted by Gasteiger charge is -2.16. The van der Waals surface area contributed by atoms with E-state index in [-0.39, 0.29) is 24.2 Å². The van der Waals surface area contributed by atoms with Gasteiger partial charge in [-0.1, -0.05) is 13.8 Å². The number of halogens is 2. The van der Waals surface area contributed by atoms with Crippen LogP contribution in [0, 0.1) is 16.4 Å². The summed E-state index contributed by atoms with van der Waals surface area (Å²) in [4.78, 5) is 11.8. The molecule has 17 heavy (non-hydrogen) atoms. The van der Waals surface area contributed by atoms with Crippen LogP contribution in [0.25, 0.3) is 0 Å². The van der Waals surface area contributed by atoms with Crippen molar-refractivity contribution < 1.29 is 4.79 Å². The fourth-order valence-corrected chi connectivity index (χ4v) is 1.93. The number of carbonyl (C=O) groups excluding carboxylic acids is 1. The summed E-state index contributed by atoms with van der Waals surface area (Å²) >= 11 is 2.24. The van der Waals surface area contributed by atoms with Crippen LogP contribution >= 0.6 is 35.0 Å². The molecule has 1 aromatic rings. The highest BCUT2D eigenvalue weighted by Crippen LogP contribution is 2.18. The first kappa shape index (κ1) is 16.7. The number of amides is 1. The maximum atomic E-state index is 11.8. The molecule has 0 aliphatic carbocycles. The van der Waals surface area contributed by atoms with Crippen LogP contribution in [0.4, 0.5) is 5.69 Å². The third kappa shape index (κ3) is 4.81. The molecular weight excluding hydrogens is 351 g/mol. The minimum atomic E-state index is -0.460. The average molecular weight is 369 g/mol. The number of benzene rings is 1. The average Bonchev–Trinajstić information content (AvgIpc) is 2.20. The Balaban J connectivity index is 0.00000256. The minimum Gasteiger partial charge on any atom is -0.324 e. The van der Waals surface area contributed by atoms with Crippen LogP contribution < -0.4 is 11.1 Å². The van der Waals surface area contributed by atoms with Gasteiger partial charge in [-0.05, 0) is 59.2 Å². The van der Waals surface area contributed by atoms with Gasteiger partial charge in [0.2, 0.25) is 5.91 Å². The Morgan fingerprint density at radius 2 is 2.00 bits per heavy atom. The summed E-state index contributed by atoms with van der Waals surface area (Å²) in [5, 5.41) is 2.85. The second-order valence-corrected chi connectivity index (χ2v) is 5.46. The molecule has 5 heteroatoms.